The molecule has 3 atom stereocenters. The topological polar surface area (TPSA) is 29.1 Å². The second kappa shape index (κ2) is 4.17. The number of nitrogens with one attached hydrogen (secondary N) is 1. The zero-order chi connectivity index (χ0) is 11.8. The van der Waals surface area contributed by atoms with E-state index in [0.717, 1.165) is 18.0 Å². The molecule has 0 heterocycles. The molecule has 17 heavy (non-hydrogen) atoms. The van der Waals surface area contributed by atoms with E-state index < -0.39 is 0 Å². The lowest BCUT2D eigenvalue weighted by Gasteiger charge is -2.20. The summed E-state index contributed by atoms with van der Waals surface area (Å²) in [4.78, 5) is 12.2. The molecule has 2 nitrogen and oxygen atoms in total. The molecule has 0 aromatic heterocycles. The van der Waals surface area contributed by atoms with E-state index in [1.807, 2.05) is 31.2 Å². The van der Waals surface area contributed by atoms with Gasteiger partial charge in [-0.25, -0.2) is 0 Å². The van der Waals surface area contributed by atoms with Crippen molar-refractivity contribution in [3.05, 3.63) is 29.8 Å². The minimum absolute atomic E-state index is 0.239. The normalized spacial score (nSPS) is 30.5. The first-order valence-electron chi connectivity index (χ1n) is 6.60. The Kier molecular flexibility index (Phi) is 2.65. The van der Waals surface area contributed by atoms with Crippen LogP contribution < -0.4 is 5.32 Å². The van der Waals surface area contributed by atoms with Crippen molar-refractivity contribution in [1.82, 2.24) is 0 Å². The number of amides is 1. The molecule has 1 N–H and O–H groups in total. The summed E-state index contributed by atoms with van der Waals surface area (Å²) < 4.78 is 0. The molecule has 2 aliphatic carbocycles. The summed E-state index contributed by atoms with van der Waals surface area (Å²) in [6.07, 6.45) is 5.00. The van der Waals surface area contributed by atoms with Crippen molar-refractivity contribution in [3.63, 3.8) is 0 Å². The minimum atomic E-state index is 0.239. The van der Waals surface area contributed by atoms with Crippen molar-refractivity contribution in [1.29, 1.82) is 0 Å². The summed E-state index contributed by atoms with van der Waals surface area (Å²) in [7, 11) is 0. The van der Waals surface area contributed by atoms with Gasteiger partial charge in [-0.1, -0.05) is 18.6 Å². The van der Waals surface area contributed by atoms with E-state index in [0.29, 0.717) is 5.92 Å². The first-order chi connectivity index (χ1) is 8.22. The predicted octanol–water partition coefficient (Wildman–Crippen LogP) is 3.37. The zero-order valence-electron chi connectivity index (χ0n) is 10.3. The van der Waals surface area contributed by atoms with Crippen molar-refractivity contribution in [2.24, 2.45) is 17.8 Å². The second-order valence-corrected chi connectivity index (χ2v) is 5.64. The number of fused-ring (bicyclic) bond motifs is 2. The monoisotopic (exact) mass is 229 g/mol. The van der Waals surface area contributed by atoms with Gasteiger partial charge in [-0.15, -0.1) is 0 Å². The Hall–Kier alpha value is -1.31. The minimum Gasteiger partial charge on any atom is -0.326 e. The highest BCUT2D eigenvalue weighted by Gasteiger charge is 2.42. The summed E-state index contributed by atoms with van der Waals surface area (Å²) >= 11 is 0. The van der Waals surface area contributed by atoms with Gasteiger partial charge in [0.05, 0.1) is 0 Å². The number of hydrogen-bond acceptors (Lipinski definition) is 1. The van der Waals surface area contributed by atoms with Gasteiger partial charge in [0.15, 0.2) is 0 Å². The molecule has 0 unspecified atom stereocenters. The third-order valence-corrected chi connectivity index (χ3v) is 4.36. The molecular weight excluding hydrogens is 210 g/mol. The highest BCUT2D eigenvalue weighted by atomic mass is 16.1. The van der Waals surface area contributed by atoms with Gasteiger partial charge < -0.3 is 5.32 Å². The third-order valence-electron chi connectivity index (χ3n) is 4.36. The first-order valence-corrected chi connectivity index (χ1v) is 6.60. The Morgan fingerprint density at radius 3 is 2.82 bits per heavy atom. The number of aryl methyl sites for hydroxylation is 1. The highest BCUT2D eigenvalue weighted by Crippen LogP contribution is 2.48. The molecule has 1 aromatic rings. The van der Waals surface area contributed by atoms with Gasteiger partial charge >= 0.3 is 0 Å². The molecule has 0 radical (unpaired) electrons. The van der Waals surface area contributed by atoms with Gasteiger partial charge in [0.2, 0.25) is 5.91 Å². The molecule has 0 aliphatic heterocycles. The Morgan fingerprint density at radius 2 is 2.18 bits per heavy atom. The molecule has 2 heteroatoms. The molecule has 2 saturated carbocycles. The van der Waals surface area contributed by atoms with Crippen LogP contribution in [0.5, 0.6) is 0 Å². The van der Waals surface area contributed by atoms with Crippen LogP contribution in [0.3, 0.4) is 0 Å². The van der Waals surface area contributed by atoms with Gasteiger partial charge in [-0.3, -0.25) is 4.79 Å². The number of rotatable bonds is 2. The maximum atomic E-state index is 12.2. The number of carbonyl (C=O) groups is 1. The smallest absolute Gasteiger partial charge is 0.227 e. The van der Waals surface area contributed by atoms with Crippen LogP contribution >= 0.6 is 0 Å². The lowest BCUT2D eigenvalue weighted by Crippen LogP contribution is -2.27. The fraction of sp³-hybridized carbons (Fsp3) is 0.533. The SMILES string of the molecule is Cc1cccc(NC(=O)[C@H]2C[C@@H]3CC[C@@H]2C3)c1. The van der Waals surface area contributed by atoms with Crippen molar-refractivity contribution in [2.75, 3.05) is 5.32 Å². The van der Waals surface area contributed by atoms with Crippen molar-refractivity contribution in [3.8, 4) is 0 Å². The van der Waals surface area contributed by atoms with E-state index in [1.54, 1.807) is 0 Å². The van der Waals surface area contributed by atoms with E-state index in [9.17, 15) is 4.79 Å². The largest absolute Gasteiger partial charge is 0.326 e. The van der Waals surface area contributed by atoms with Crippen molar-refractivity contribution < 1.29 is 4.79 Å². The van der Waals surface area contributed by atoms with Crippen molar-refractivity contribution in [2.45, 2.75) is 32.6 Å². The second-order valence-electron chi connectivity index (χ2n) is 5.64. The molecule has 0 spiro atoms. The van der Waals surface area contributed by atoms with Gasteiger partial charge in [0.25, 0.3) is 0 Å². The maximum absolute atomic E-state index is 12.2. The van der Waals surface area contributed by atoms with Gasteiger partial charge in [-0.2, -0.15) is 0 Å². The number of benzene rings is 1. The summed E-state index contributed by atoms with van der Waals surface area (Å²) in [5, 5.41) is 3.07. The van der Waals surface area contributed by atoms with E-state index in [-0.39, 0.29) is 11.8 Å². The lowest BCUT2D eigenvalue weighted by atomic mass is 9.88. The Labute approximate surface area is 102 Å². The quantitative estimate of drug-likeness (QED) is 0.827. The van der Waals surface area contributed by atoms with Crippen LogP contribution in [0.25, 0.3) is 0 Å². The first kappa shape index (κ1) is 10.8. The number of carbonyl (C=O) groups excluding carboxylic acids is 1. The molecular formula is C15H19NO. The van der Waals surface area contributed by atoms with Crippen LogP contribution in [0.1, 0.15) is 31.2 Å². The molecule has 2 bridgehead atoms. The standard InChI is InChI=1S/C15H19NO/c1-10-3-2-4-13(7-10)16-15(17)14-9-11-5-6-12(14)8-11/h2-4,7,11-12,14H,5-6,8-9H2,1H3,(H,16,17)/t11-,12-,14+/m1/s1. The number of anilines is 1. The molecule has 2 aliphatic rings. The van der Waals surface area contributed by atoms with E-state index in [1.165, 1.54) is 24.8 Å². The van der Waals surface area contributed by atoms with E-state index in [4.69, 9.17) is 0 Å². The zero-order valence-corrected chi connectivity index (χ0v) is 10.3. The highest BCUT2D eigenvalue weighted by molar-refractivity contribution is 5.93. The van der Waals surface area contributed by atoms with Crippen molar-refractivity contribution >= 4 is 11.6 Å². The van der Waals surface area contributed by atoms with Crippen LogP contribution in [-0.2, 0) is 4.79 Å². The molecule has 90 valence electrons. The van der Waals surface area contributed by atoms with Crippen LogP contribution in [0.2, 0.25) is 0 Å². The lowest BCUT2D eigenvalue weighted by molar-refractivity contribution is -0.121. The summed E-state index contributed by atoms with van der Waals surface area (Å²) in [6, 6.07) is 8.04. The van der Waals surface area contributed by atoms with E-state index >= 15 is 0 Å². The fourth-order valence-corrected chi connectivity index (χ4v) is 3.52. The van der Waals surface area contributed by atoms with Crippen LogP contribution in [0.15, 0.2) is 24.3 Å². The fourth-order valence-electron chi connectivity index (χ4n) is 3.52. The Balaban J connectivity index is 1.68. The van der Waals surface area contributed by atoms with Crippen LogP contribution in [-0.4, -0.2) is 5.91 Å². The summed E-state index contributed by atoms with van der Waals surface area (Å²) in [5.41, 5.74) is 2.13. The van der Waals surface area contributed by atoms with Crippen LogP contribution in [0.4, 0.5) is 5.69 Å². The van der Waals surface area contributed by atoms with Gasteiger partial charge in [0, 0.05) is 11.6 Å². The summed E-state index contributed by atoms with van der Waals surface area (Å²) in [6.45, 7) is 2.05. The average molecular weight is 229 g/mol. The van der Waals surface area contributed by atoms with E-state index in [2.05, 4.69) is 5.32 Å². The Bertz CT molecular complexity index is 440. The third kappa shape index (κ3) is 2.08. The molecule has 2 fully saturated rings. The molecule has 0 saturated heterocycles. The van der Waals surface area contributed by atoms with Gasteiger partial charge in [-0.05, 0) is 55.7 Å². The molecule has 1 amide bonds. The maximum Gasteiger partial charge on any atom is 0.227 e. The molecule has 3 rings (SSSR count). The van der Waals surface area contributed by atoms with Gasteiger partial charge in [0.1, 0.15) is 0 Å². The molecule has 1 aromatic carbocycles. The number of hydrogen-bond donors (Lipinski definition) is 1. The van der Waals surface area contributed by atoms with Crippen LogP contribution in [0, 0.1) is 24.7 Å². The Morgan fingerprint density at radius 1 is 1.29 bits per heavy atom. The average Bonchev–Trinajstić information content (AvgIpc) is 2.90. The summed E-state index contributed by atoms with van der Waals surface area (Å²) in [5.74, 6) is 2.00. The predicted molar refractivity (Wildman–Crippen MR) is 68.7 cm³/mol.